The molecule has 0 fully saturated rings. The molecule has 0 amide bonds. The number of carbonyl (C=O) groups excluding carboxylic acids is 1. The molecule has 0 bridgehead atoms. The van der Waals surface area contributed by atoms with E-state index in [0.717, 1.165) is 5.56 Å². The molecule has 1 rings (SSSR count). The lowest BCUT2D eigenvalue weighted by Gasteiger charge is -2.13. The van der Waals surface area contributed by atoms with Crippen molar-refractivity contribution in [3.63, 3.8) is 0 Å². The van der Waals surface area contributed by atoms with Crippen molar-refractivity contribution in [1.82, 2.24) is 4.98 Å². The van der Waals surface area contributed by atoms with Crippen LogP contribution in [0, 0.1) is 11.8 Å². The molecule has 1 atom stereocenters. The molecule has 13 heavy (non-hydrogen) atoms. The maximum Gasteiger partial charge on any atom is 0.166 e. The van der Waals surface area contributed by atoms with Crippen molar-refractivity contribution in [2.24, 2.45) is 11.8 Å². The van der Waals surface area contributed by atoms with Gasteiger partial charge in [-0.05, 0) is 18.1 Å². The third-order valence-electron chi connectivity index (χ3n) is 2.38. The van der Waals surface area contributed by atoms with Gasteiger partial charge in [0.2, 0.25) is 0 Å². The maximum absolute atomic E-state index is 11.8. The number of rotatable bonds is 3. The number of ketones is 1. The summed E-state index contributed by atoms with van der Waals surface area (Å²) in [5, 5.41) is 0. The largest absolute Gasteiger partial charge is 0.294 e. The van der Waals surface area contributed by atoms with Gasteiger partial charge in [0.1, 0.15) is 0 Å². The second kappa shape index (κ2) is 4.17. The fourth-order valence-electron chi connectivity index (χ4n) is 1.08. The van der Waals surface area contributed by atoms with E-state index in [-0.39, 0.29) is 11.7 Å². The zero-order valence-electron chi connectivity index (χ0n) is 8.32. The minimum Gasteiger partial charge on any atom is -0.294 e. The standard InChI is InChI=1S/C11H15NO/c1-8(2)9(3)11(13)10-4-6-12-7-5-10/h4-9H,1-3H3. The molecule has 1 heterocycles. The van der Waals surface area contributed by atoms with Gasteiger partial charge in [-0.1, -0.05) is 20.8 Å². The van der Waals surface area contributed by atoms with E-state index in [1.54, 1.807) is 24.5 Å². The summed E-state index contributed by atoms with van der Waals surface area (Å²) in [6.45, 7) is 6.08. The molecule has 2 heteroatoms. The fraction of sp³-hybridized carbons (Fsp3) is 0.455. The van der Waals surface area contributed by atoms with Gasteiger partial charge >= 0.3 is 0 Å². The number of hydrogen-bond acceptors (Lipinski definition) is 2. The van der Waals surface area contributed by atoms with Gasteiger partial charge in [0.15, 0.2) is 5.78 Å². The van der Waals surface area contributed by atoms with E-state index in [2.05, 4.69) is 18.8 Å². The predicted octanol–water partition coefficient (Wildman–Crippen LogP) is 2.56. The topological polar surface area (TPSA) is 30.0 Å². The maximum atomic E-state index is 11.8. The average molecular weight is 177 g/mol. The van der Waals surface area contributed by atoms with Crippen molar-refractivity contribution < 1.29 is 4.79 Å². The van der Waals surface area contributed by atoms with Crippen molar-refractivity contribution in [3.05, 3.63) is 30.1 Å². The lowest BCUT2D eigenvalue weighted by atomic mass is 9.90. The molecule has 1 aromatic heterocycles. The number of Topliss-reactive ketones (excluding diaryl/α,β-unsaturated/α-hetero) is 1. The highest BCUT2D eigenvalue weighted by molar-refractivity contribution is 5.97. The number of pyridine rings is 1. The Balaban J connectivity index is 2.80. The third kappa shape index (κ3) is 2.38. The van der Waals surface area contributed by atoms with Gasteiger partial charge in [-0.3, -0.25) is 9.78 Å². The van der Waals surface area contributed by atoms with Crippen LogP contribution in [0.4, 0.5) is 0 Å². The van der Waals surface area contributed by atoms with Crippen LogP contribution < -0.4 is 0 Å². The molecule has 0 radical (unpaired) electrons. The molecule has 0 aliphatic carbocycles. The molecular formula is C11H15NO. The smallest absolute Gasteiger partial charge is 0.166 e. The third-order valence-corrected chi connectivity index (χ3v) is 2.38. The Kier molecular flexibility index (Phi) is 3.18. The number of carbonyl (C=O) groups is 1. The molecule has 70 valence electrons. The highest BCUT2D eigenvalue weighted by Crippen LogP contribution is 2.15. The summed E-state index contributed by atoms with van der Waals surface area (Å²) in [5.41, 5.74) is 0.760. The summed E-state index contributed by atoms with van der Waals surface area (Å²) in [5.74, 6) is 0.681. The first-order chi connectivity index (χ1) is 6.13. The molecule has 0 aliphatic rings. The van der Waals surface area contributed by atoms with E-state index in [9.17, 15) is 4.79 Å². The lowest BCUT2D eigenvalue weighted by Crippen LogP contribution is -2.16. The van der Waals surface area contributed by atoms with Gasteiger partial charge in [-0.2, -0.15) is 0 Å². The first-order valence-corrected chi connectivity index (χ1v) is 4.57. The van der Waals surface area contributed by atoms with Crippen LogP contribution in [0.2, 0.25) is 0 Å². The molecular weight excluding hydrogens is 162 g/mol. The van der Waals surface area contributed by atoms with E-state index in [0.29, 0.717) is 5.92 Å². The summed E-state index contributed by atoms with van der Waals surface area (Å²) in [4.78, 5) is 15.6. The summed E-state index contributed by atoms with van der Waals surface area (Å²) in [6, 6.07) is 3.53. The highest BCUT2D eigenvalue weighted by Gasteiger charge is 2.17. The van der Waals surface area contributed by atoms with E-state index < -0.39 is 0 Å². The Morgan fingerprint density at radius 1 is 1.23 bits per heavy atom. The van der Waals surface area contributed by atoms with Crippen LogP contribution in [0.1, 0.15) is 31.1 Å². The average Bonchev–Trinajstić information content (AvgIpc) is 2.17. The van der Waals surface area contributed by atoms with Gasteiger partial charge < -0.3 is 0 Å². The molecule has 0 aromatic carbocycles. The van der Waals surface area contributed by atoms with Crippen molar-refractivity contribution >= 4 is 5.78 Å². The van der Waals surface area contributed by atoms with Crippen LogP contribution in [0.25, 0.3) is 0 Å². The van der Waals surface area contributed by atoms with Gasteiger partial charge in [-0.25, -0.2) is 0 Å². The van der Waals surface area contributed by atoms with Crippen LogP contribution >= 0.6 is 0 Å². The summed E-state index contributed by atoms with van der Waals surface area (Å²) in [7, 11) is 0. The van der Waals surface area contributed by atoms with Crippen LogP contribution in [-0.2, 0) is 0 Å². The summed E-state index contributed by atoms with van der Waals surface area (Å²) in [6.07, 6.45) is 3.31. The summed E-state index contributed by atoms with van der Waals surface area (Å²) < 4.78 is 0. The second-order valence-electron chi connectivity index (χ2n) is 3.63. The monoisotopic (exact) mass is 177 g/mol. The first-order valence-electron chi connectivity index (χ1n) is 4.57. The normalized spacial score (nSPS) is 12.9. The highest BCUT2D eigenvalue weighted by atomic mass is 16.1. The van der Waals surface area contributed by atoms with Crippen molar-refractivity contribution in [1.29, 1.82) is 0 Å². The fourth-order valence-corrected chi connectivity index (χ4v) is 1.08. The molecule has 1 unspecified atom stereocenters. The van der Waals surface area contributed by atoms with Crippen LogP contribution in [0.15, 0.2) is 24.5 Å². The minimum absolute atomic E-state index is 0.0856. The Labute approximate surface area is 79.0 Å². The van der Waals surface area contributed by atoms with E-state index >= 15 is 0 Å². The Morgan fingerprint density at radius 2 is 1.77 bits per heavy atom. The zero-order chi connectivity index (χ0) is 9.84. The molecule has 0 N–H and O–H groups in total. The van der Waals surface area contributed by atoms with Crippen LogP contribution in [-0.4, -0.2) is 10.8 Å². The summed E-state index contributed by atoms with van der Waals surface area (Å²) >= 11 is 0. The molecule has 0 spiro atoms. The molecule has 1 aromatic rings. The van der Waals surface area contributed by atoms with E-state index in [4.69, 9.17) is 0 Å². The van der Waals surface area contributed by atoms with Gasteiger partial charge in [0.05, 0.1) is 0 Å². The van der Waals surface area contributed by atoms with Crippen LogP contribution in [0.3, 0.4) is 0 Å². The molecule has 0 aliphatic heterocycles. The molecule has 0 saturated carbocycles. The van der Waals surface area contributed by atoms with Crippen molar-refractivity contribution in [3.8, 4) is 0 Å². The number of nitrogens with zero attached hydrogens (tertiary/aromatic N) is 1. The van der Waals surface area contributed by atoms with Gasteiger partial charge in [0, 0.05) is 23.9 Å². The number of hydrogen-bond donors (Lipinski definition) is 0. The number of aromatic nitrogens is 1. The van der Waals surface area contributed by atoms with E-state index in [1.807, 2.05) is 6.92 Å². The Morgan fingerprint density at radius 3 is 2.23 bits per heavy atom. The Bertz CT molecular complexity index is 279. The first kappa shape index (κ1) is 9.90. The van der Waals surface area contributed by atoms with Gasteiger partial charge in [0.25, 0.3) is 0 Å². The SMILES string of the molecule is CC(C)C(C)C(=O)c1ccncc1. The van der Waals surface area contributed by atoms with Gasteiger partial charge in [-0.15, -0.1) is 0 Å². The Hall–Kier alpha value is -1.18. The predicted molar refractivity (Wildman–Crippen MR) is 52.6 cm³/mol. The minimum atomic E-state index is 0.0856. The second-order valence-corrected chi connectivity index (χ2v) is 3.63. The van der Waals surface area contributed by atoms with E-state index in [1.165, 1.54) is 0 Å². The molecule has 0 saturated heterocycles. The van der Waals surface area contributed by atoms with Crippen molar-refractivity contribution in [2.75, 3.05) is 0 Å². The zero-order valence-corrected chi connectivity index (χ0v) is 8.32. The van der Waals surface area contributed by atoms with Crippen molar-refractivity contribution in [2.45, 2.75) is 20.8 Å². The molecule has 2 nitrogen and oxygen atoms in total. The lowest BCUT2D eigenvalue weighted by molar-refractivity contribution is 0.0899. The van der Waals surface area contributed by atoms with Crippen LogP contribution in [0.5, 0.6) is 0 Å². The quantitative estimate of drug-likeness (QED) is 0.664.